The third-order valence-corrected chi connectivity index (χ3v) is 14.1. The number of aliphatic carboxylic acids is 1. The summed E-state index contributed by atoms with van der Waals surface area (Å²) in [6.45, 7) is 15.6. The molecule has 1 aromatic rings. The summed E-state index contributed by atoms with van der Waals surface area (Å²) in [5, 5.41) is 25.5. The van der Waals surface area contributed by atoms with Crippen molar-refractivity contribution in [3.8, 4) is 0 Å². The lowest BCUT2D eigenvalue weighted by molar-refractivity contribution is -0.147. The molecule has 0 aromatic heterocycles. The molecule has 1 aromatic carbocycles. The monoisotopic (exact) mass is 879 g/mol. The van der Waals surface area contributed by atoms with Crippen LogP contribution in [-0.4, -0.2) is 136 Å². The zero-order chi connectivity index (χ0) is 45.3. The number of aliphatic hydroxyl groups excluding tert-OH is 1. The van der Waals surface area contributed by atoms with Gasteiger partial charge in [0.2, 0.25) is 29.5 Å². The molecule has 60 heavy (non-hydrogen) atoms. The number of benzene rings is 1. The Kier molecular flexibility index (Phi) is 23.1. The topological polar surface area (TPSA) is 186 Å². The lowest BCUT2D eigenvalue weighted by Gasteiger charge is -2.41. The number of aliphatic hydroxyl groups is 1. The third kappa shape index (κ3) is 15.8. The number of methoxy groups -OCH3 is 1. The molecule has 1 aliphatic heterocycles. The van der Waals surface area contributed by atoms with Crippen LogP contribution in [0.15, 0.2) is 30.3 Å². The first-order valence-corrected chi connectivity index (χ1v) is 23.9. The number of carboxylic acids is 1. The van der Waals surface area contributed by atoms with E-state index in [1.165, 1.54) is 26.5 Å². The first kappa shape index (κ1) is 52.8. The highest BCUT2D eigenvalue weighted by molar-refractivity contribution is 8.76. The van der Waals surface area contributed by atoms with Crippen LogP contribution in [0.2, 0.25) is 0 Å². The normalized spacial score (nSPS) is 18.2. The van der Waals surface area contributed by atoms with Crippen molar-refractivity contribution in [1.29, 1.82) is 0 Å². The fourth-order valence-corrected chi connectivity index (χ4v) is 9.89. The minimum atomic E-state index is -0.916. The van der Waals surface area contributed by atoms with Gasteiger partial charge in [-0.1, -0.05) is 107 Å². The average molecular weight is 880 g/mol. The van der Waals surface area contributed by atoms with Gasteiger partial charge in [0.25, 0.3) is 0 Å². The van der Waals surface area contributed by atoms with Crippen LogP contribution < -0.4 is 10.6 Å². The molecular formula is C44H73N5O9S2. The Labute approximate surface area is 366 Å². The zero-order valence-corrected chi connectivity index (χ0v) is 39.4. The number of nitrogens with zero attached hydrogens (tertiary/aromatic N) is 3. The molecule has 0 spiro atoms. The summed E-state index contributed by atoms with van der Waals surface area (Å²) in [5.74, 6) is -2.29. The Hall–Kier alpha value is -3.34. The predicted molar refractivity (Wildman–Crippen MR) is 239 cm³/mol. The SMILES string of the molecule is CC[C@H](C)[C@@H]([C@@H](CC(=O)N1CCC[C@H]1C[C@@H](C)C(=O)N[C@H](C)[C@@H](O)c1ccccc1)OC)N(C)C(=O)[C@@H](NC(=O)[C@H](C(C)C)N(C)C(=O)CCSSCCC(=O)O)C(C)C. The van der Waals surface area contributed by atoms with Crippen LogP contribution in [0.3, 0.4) is 0 Å². The lowest BCUT2D eigenvalue weighted by atomic mass is 9.89. The molecule has 16 heteroatoms. The van der Waals surface area contributed by atoms with Gasteiger partial charge in [-0.2, -0.15) is 0 Å². The molecule has 4 N–H and O–H groups in total. The van der Waals surface area contributed by atoms with Crippen LogP contribution >= 0.6 is 21.6 Å². The highest BCUT2D eigenvalue weighted by atomic mass is 33.1. The first-order chi connectivity index (χ1) is 28.3. The van der Waals surface area contributed by atoms with Crippen molar-refractivity contribution in [2.24, 2.45) is 23.7 Å². The number of nitrogens with one attached hydrogen (secondary N) is 2. The van der Waals surface area contributed by atoms with Crippen molar-refractivity contribution in [3.63, 3.8) is 0 Å². The number of likely N-dealkylation sites (N-methyl/N-ethyl adjacent to an activating group) is 2. The van der Waals surface area contributed by atoms with E-state index in [2.05, 4.69) is 10.6 Å². The van der Waals surface area contributed by atoms with E-state index in [0.717, 1.165) is 18.4 Å². The number of ether oxygens (including phenoxy) is 1. The smallest absolute Gasteiger partial charge is 0.304 e. The molecule has 1 heterocycles. The minimum Gasteiger partial charge on any atom is -0.481 e. The molecule has 9 atom stereocenters. The van der Waals surface area contributed by atoms with Crippen molar-refractivity contribution >= 4 is 57.1 Å². The van der Waals surface area contributed by atoms with Gasteiger partial charge in [0.05, 0.1) is 37.1 Å². The number of carboxylic acid groups (broad SMARTS) is 1. The standard InChI is InChI=1S/C44H73N5O9S2/c1-12-29(6)40(48(10)44(57)38(27(2)3)46-43(56)39(28(4)5)47(9)35(50)20-23-59-60-24-21-37(52)53)34(58-11)26-36(51)49-22-16-19-33(49)25-30(7)42(55)45-31(8)41(54)32-17-14-13-15-18-32/h13-15,17-18,27-31,33-34,38-41,54H,12,16,19-26H2,1-11H3,(H,45,55)(H,46,56)(H,52,53)/t29-,30+,31+,33-,34+,38-,39-,40-,41+/m0/s1. The van der Waals surface area contributed by atoms with Crippen molar-refractivity contribution in [1.82, 2.24) is 25.3 Å². The molecular weight excluding hydrogens is 807 g/mol. The van der Waals surface area contributed by atoms with Gasteiger partial charge in [-0.15, -0.1) is 0 Å². The number of likely N-dealkylation sites (tertiary alicyclic amines) is 1. The van der Waals surface area contributed by atoms with E-state index in [4.69, 9.17) is 9.84 Å². The second-order valence-corrected chi connectivity index (χ2v) is 19.6. The van der Waals surface area contributed by atoms with Gasteiger partial charge in [-0.3, -0.25) is 28.8 Å². The summed E-state index contributed by atoms with van der Waals surface area (Å²) in [7, 11) is 7.63. The van der Waals surface area contributed by atoms with Crippen LogP contribution in [0.4, 0.5) is 0 Å². The summed E-state index contributed by atoms with van der Waals surface area (Å²) in [5.41, 5.74) is 0.719. The van der Waals surface area contributed by atoms with Crippen LogP contribution in [0.25, 0.3) is 0 Å². The number of hydrogen-bond acceptors (Lipinski definition) is 10. The summed E-state index contributed by atoms with van der Waals surface area (Å²) in [6, 6.07) is 6.29. The van der Waals surface area contributed by atoms with E-state index in [9.17, 15) is 33.9 Å². The molecule has 0 saturated carbocycles. The van der Waals surface area contributed by atoms with Crippen LogP contribution in [0, 0.1) is 23.7 Å². The maximum atomic E-state index is 14.4. The molecule has 1 aliphatic rings. The van der Waals surface area contributed by atoms with Crippen molar-refractivity contribution in [3.05, 3.63) is 35.9 Å². The third-order valence-electron chi connectivity index (χ3n) is 11.7. The molecule has 2 rings (SSSR count). The minimum absolute atomic E-state index is 0.0257. The number of rotatable bonds is 26. The highest BCUT2D eigenvalue weighted by Crippen LogP contribution is 2.29. The lowest BCUT2D eigenvalue weighted by Crippen LogP contribution is -2.60. The predicted octanol–water partition coefficient (Wildman–Crippen LogP) is 5.39. The Morgan fingerprint density at radius 1 is 0.883 bits per heavy atom. The summed E-state index contributed by atoms with van der Waals surface area (Å²) < 4.78 is 6.02. The van der Waals surface area contributed by atoms with Gasteiger partial charge >= 0.3 is 5.97 Å². The summed E-state index contributed by atoms with van der Waals surface area (Å²) in [4.78, 5) is 84.5. The van der Waals surface area contributed by atoms with E-state index in [1.54, 1.807) is 33.0 Å². The molecule has 5 amide bonds. The van der Waals surface area contributed by atoms with Crippen LogP contribution in [-0.2, 0) is 33.5 Å². The second-order valence-electron chi connectivity index (χ2n) is 16.9. The van der Waals surface area contributed by atoms with E-state index in [-0.39, 0.29) is 66.7 Å². The number of carbonyl (C=O) groups excluding carboxylic acids is 5. The van der Waals surface area contributed by atoms with E-state index in [0.29, 0.717) is 30.9 Å². The van der Waals surface area contributed by atoms with E-state index < -0.39 is 54.2 Å². The largest absolute Gasteiger partial charge is 0.481 e. The number of hydrogen-bond donors (Lipinski definition) is 4. The Morgan fingerprint density at radius 3 is 2.05 bits per heavy atom. The Bertz CT molecular complexity index is 1540. The Balaban J connectivity index is 2.15. The summed E-state index contributed by atoms with van der Waals surface area (Å²) >= 11 is 0. The summed E-state index contributed by atoms with van der Waals surface area (Å²) in [6.07, 6.45) is 1.47. The molecule has 340 valence electrons. The molecule has 0 unspecified atom stereocenters. The second kappa shape index (κ2) is 26.2. The maximum Gasteiger partial charge on any atom is 0.304 e. The van der Waals surface area contributed by atoms with Crippen molar-refractivity contribution in [2.45, 2.75) is 143 Å². The van der Waals surface area contributed by atoms with Crippen LogP contribution in [0.5, 0.6) is 0 Å². The molecule has 1 saturated heterocycles. The molecule has 1 fully saturated rings. The molecule has 0 aliphatic carbocycles. The highest BCUT2D eigenvalue weighted by Gasteiger charge is 2.41. The molecule has 14 nitrogen and oxygen atoms in total. The van der Waals surface area contributed by atoms with Gasteiger partial charge in [0.15, 0.2) is 0 Å². The van der Waals surface area contributed by atoms with Gasteiger partial charge in [0, 0.05) is 57.6 Å². The van der Waals surface area contributed by atoms with Crippen LogP contribution in [0.1, 0.15) is 112 Å². The van der Waals surface area contributed by atoms with E-state index in [1.807, 2.05) is 83.7 Å². The number of amides is 5. The quantitative estimate of drug-likeness (QED) is 0.0691. The van der Waals surface area contributed by atoms with E-state index >= 15 is 0 Å². The zero-order valence-electron chi connectivity index (χ0n) is 37.7. The van der Waals surface area contributed by atoms with Gasteiger partial charge in [-0.05, 0) is 49.5 Å². The Morgan fingerprint density at radius 2 is 1.50 bits per heavy atom. The van der Waals surface area contributed by atoms with Gasteiger partial charge in [-0.25, -0.2) is 0 Å². The molecule has 0 radical (unpaired) electrons. The van der Waals surface area contributed by atoms with Gasteiger partial charge in [0.1, 0.15) is 12.1 Å². The fraction of sp³-hybridized carbons (Fsp3) is 0.727. The average Bonchev–Trinajstić information content (AvgIpc) is 3.67. The van der Waals surface area contributed by atoms with Gasteiger partial charge < -0.3 is 40.3 Å². The fourth-order valence-electron chi connectivity index (χ4n) is 7.93. The number of carbonyl (C=O) groups is 6. The van der Waals surface area contributed by atoms with Crippen molar-refractivity contribution in [2.75, 3.05) is 39.3 Å². The first-order valence-electron chi connectivity index (χ1n) is 21.4. The molecule has 0 bridgehead atoms. The van der Waals surface area contributed by atoms with Crippen molar-refractivity contribution < 1.29 is 43.7 Å². The maximum absolute atomic E-state index is 14.4.